The number of aromatic nitrogens is 2. The first-order valence-corrected chi connectivity index (χ1v) is 11.2. The van der Waals surface area contributed by atoms with E-state index in [1.165, 1.54) is 16.0 Å². The Labute approximate surface area is 174 Å². The SMILES string of the molecule is CC(C)CCn1cnc2sc3c(c2c1=O)CC[C@H](NCc1cccc(Cl)c1)C3. The van der Waals surface area contributed by atoms with Crippen LogP contribution in [-0.4, -0.2) is 15.6 Å². The molecule has 1 aliphatic carbocycles. The van der Waals surface area contributed by atoms with E-state index in [4.69, 9.17) is 11.6 Å². The van der Waals surface area contributed by atoms with Gasteiger partial charge in [0.25, 0.3) is 5.56 Å². The second-order valence-corrected chi connectivity index (χ2v) is 9.58. The van der Waals surface area contributed by atoms with E-state index in [1.54, 1.807) is 22.2 Å². The topological polar surface area (TPSA) is 46.9 Å². The molecule has 3 aromatic rings. The van der Waals surface area contributed by atoms with Crippen molar-refractivity contribution in [1.29, 1.82) is 0 Å². The molecule has 0 radical (unpaired) electrons. The Morgan fingerprint density at radius 3 is 3.04 bits per heavy atom. The molecule has 0 saturated heterocycles. The normalized spacial score (nSPS) is 16.6. The van der Waals surface area contributed by atoms with Gasteiger partial charge in [-0.3, -0.25) is 9.36 Å². The monoisotopic (exact) mass is 415 g/mol. The molecule has 1 aliphatic rings. The first-order chi connectivity index (χ1) is 13.5. The number of nitrogens with zero attached hydrogens (tertiary/aromatic N) is 2. The average molecular weight is 416 g/mol. The predicted molar refractivity (Wildman–Crippen MR) is 117 cm³/mol. The molecule has 4 rings (SSSR count). The lowest BCUT2D eigenvalue weighted by Crippen LogP contribution is -2.33. The summed E-state index contributed by atoms with van der Waals surface area (Å²) in [5.41, 5.74) is 2.56. The summed E-state index contributed by atoms with van der Waals surface area (Å²) in [6.45, 7) is 5.92. The van der Waals surface area contributed by atoms with Crippen molar-refractivity contribution < 1.29 is 0 Å². The molecule has 0 bridgehead atoms. The maximum atomic E-state index is 13.0. The average Bonchev–Trinajstić information content (AvgIpc) is 3.04. The maximum Gasteiger partial charge on any atom is 0.262 e. The molecular weight excluding hydrogens is 390 g/mol. The van der Waals surface area contributed by atoms with Crippen molar-refractivity contribution in [3.8, 4) is 0 Å². The Morgan fingerprint density at radius 2 is 2.25 bits per heavy atom. The summed E-state index contributed by atoms with van der Waals surface area (Å²) < 4.78 is 1.79. The van der Waals surface area contributed by atoms with Crippen molar-refractivity contribution in [3.05, 3.63) is 62.0 Å². The molecule has 2 heterocycles. The predicted octanol–water partition coefficient (Wildman–Crippen LogP) is 4.80. The molecule has 28 heavy (non-hydrogen) atoms. The van der Waals surface area contributed by atoms with Gasteiger partial charge in [0.1, 0.15) is 4.83 Å². The lowest BCUT2D eigenvalue weighted by atomic mass is 9.93. The van der Waals surface area contributed by atoms with Gasteiger partial charge in [-0.05, 0) is 54.9 Å². The summed E-state index contributed by atoms with van der Waals surface area (Å²) in [7, 11) is 0. The van der Waals surface area contributed by atoms with E-state index in [0.29, 0.717) is 12.0 Å². The van der Waals surface area contributed by atoms with Gasteiger partial charge in [0.05, 0.1) is 11.7 Å². The van der Waals surface area contributed by atoms with Crippen LogP contribution in [0.1, 0.15) is 42.7 Å². The Morgan fingerprint density at radius 1 is 1.39 bits per heavy atom. The van der Waals surface area contributed by atoms with E-state index in [1.807, 2.05) is 18.2 Å². The van der Waals surface area contributed by atoms with Crippen molar-refractivity contribution >= 4 is 33.2 Å². The van der Waals surface area contributed by atoms with Crippen LogP contribution in [0.2, 0.25) is 5.02 Å². The minimum atomic E-state index is 0.133. The van der Waals surface area contributed by atoms with E-state index in [0.717, 1.165) is 54.0 Å². The van der Waals surface area contributed by atoms with Gasteiger partial charge in [-0.2, -0.15) is 0 Å². The summed E-state index contributed by atoms with van der Waals surface area (Å²) in [5.74, 6) is 0.574. The van der Waals surface area contributed by atoms with Gasteiger partial charge in [-0.15, -0.1) is 11.3 Å². The second kappa shape index (κ2) is 8.36. The summed E-state index contributed by atoms with van der Waals surface area (Å²) in [4.78, 5) is 19.8. The van der Waals surface area contributed by atoms with Crippen LogP contribution in [0, 0.1) is 5.92 Å². The third kappa shape index (κ3) is 4.17. The number of benzene rings is 1. The van der Waals surface area contributed by atoms with Crippen LogP contribution in [-0.2, 0) is 25.9 Å². The quantitative estimate of drug-likeness (QED) is 0.628. The number of halogens is 1. The first-order valence-electron chi connectivity index (χ1n) is 9.98. The number of hydrogen-bond donors (Lipinski definition) is 1. The minimum Gasteiger partial charge on any atom is -0.310 e. The van der Waals surface area contributed by atoms with Gasteiger partial charge in [0.15, 0.2) is 0 Å². The number of nitrogens with one attached hydrogen (secondary N) is 1. The summed E-state index contributed by atoms with van der Waals surface area (Å²) in [6.07, 6.45) is 5.66. The molecule has 6 heteroatoms. The standard InChI is InChI=1S/C22H26ClN3OS/c1-14(2)8-9-26-13-25-21-20(22(26)27)18-7-6-17(11-19(18)28-21)24-12-15-4-3-5-16(23)10-15/h3-5,10,13-14,17,24H,6-9,11-12H2,1-2H3/t17-/m0/s1. The van der Waals surface area contributed by atoms with E-state index in [9.17, 15) is 4.79 Å². The lowest BCUT2D eigenvalue weighted by molar-refractivity contribution is 0.462. The number of aryl methyl sites for hydroxylation is 2. The highest BCUT2D eigenvalue weighted by atomic mass is 35.5. The summed E-state index contributed by atoms with van der Waals surface area (Å²) >= 11 is 7.77. The molecule has 0 spiro atoms. The van der Waals surface area contributed by atoms with Crippen LogP contribution in [0.5, 0.6) is 0 Å². The number of hydrogen-bond acceptors (Lipinski definition) is 4. The van der Waals surface area contributed by atoms with E-state index >= 15 is 0 Å². The lowest BCUT2D eigenvalue weighted by Gasteiger charge is -2.23. The Kier molecular flexibility index (Phi) is 5.85. The van der Waals surface area contributed by atoms with E-state index in [2.05, 4.69) is 30.2 Å². The molecule has 1 N–H and O–H groups in total. The first kappa shape index (κ1) is 19.6. The highest BCUT2D eigenvalue weighted by Gasteiger charge is 2.25. The van der Waals surface area contributed by atoms with Crippen LogP contribution in [0.15, 0.2) is 35.4 Å². The third-order valence-electron chi connectivity index (χ3n) is 5.47. The largest absolute Gasteiger partial charge is 0.310 e. The van der Waals surface area contributed by atoms with Crippen LogP contribution < -0.4 is 10.9 Å². The molecule has 4 nitrogen and oxygen atoms in total. The highest BCUT2D eigenvalue weighted by molar-refractivity contribution is 7.18. The fraction of sp³-hybridized carbons (Fsp3) is 0.455. The minimum absolute atomic E-state index is 0.133. The van der Waals surface area contributed by atoms with Gasteiger partial charge in [-0.25, -0.2) is 4.98 Å². The van der Waals surface area contributed by atoms with Crippen molar-refractivity contribution in [3.63, 3.8) is 0 Å². The summed E-state index contributed by atoms with van der Waals surface area (Å²) in [5, 5.41) is 5.29. The van der Waals surface area contributed by atoms with Gasteiger partial charge in [0, 0.05) is 29.0 Å². The molecule has 0 amide bonds. The van der Waals surface area contributed by atoms with E-state index < -0.39 is 0 Å². The Bertz CT molecular complexity index is 1040. The second-order valence-electron chi connectivity index (χ2n) is 8.06. The molecule has 0 fully saturated rings. The van der Waals surface area contributed by atoms with Crippen LogP contribution >= 0.6 is 22.9 Å². The molecule has 0 saturated carbocycles. The Hall–Kier alpha value is -1.69. The number of thiophene rings is 1. The Balaban J connectivity index is 1.51. The zero-order valence-electron chi connectivity index (χ0n) is 16.4. The maximum absolute atomic E-state index is 13.0. The van der Waals surface area contributed by atoms with Crippen LogP contribution in [0.4, 0.5) is 0 Å². The van der Waals surface area contributed by atoms with Crippen LogP contribution in [0.3, 0.4) is 0 Å². The van der Waals surface area contributed by atoms with Gasteiger partial charge in [0.2, 0.25) is 0 Å². The number of fused-ring (bicyclic) bond motifs is 3. The van der Waals surface area contributed by atoms with Gasteiger partial charge >= 0.3 is 0 Å². The fourth-order valence-electron chi connectivity index (χ4n) is 3.84. The molecular formula is C22H26ClN3OS. The van der Waals surface area contributed by atoms with Crippen molar-refractivity contribution in [2.75, 3.05) is 0 Å². The van der Waals surface area contributed by atoms with E-state index in [-0.39, 0.29) is 5.56 Å². The van der Waals surface area contributed by atoms with Gasteiger partial charge < -0.3 is 5.32 Å². The van der Waals surface area contributed by atoms with Crippen LogP contribution in [0.25, 0.3) is 10.2 Å². The molecule has 1 aromatic carbocycles. The number of rotatable bonds is 6. The summed E-state index contributed by atoms with van der Waals surface area (Å²) in [6, 6.07) is 8.40. The van der Waals surface area contributed by atoms with Gasteiger partial charge in [-0.1, -0.05) is 37.6 Å². The molecule has 2 aromatic heterocycles. The highest BCUT2D eigenvalue weighted by Crippen LogP contribution is 2.33. The molecule has 0 aliphatic heterocycles. The van der Waals surface area contributed by atoms with Crippen molar-refractivity contribution in [2.24, 2.45) is 5.92 Å². The fourth-order valence-corrected chi connectivity index (χ4v) is 5.31. The van der Waals surface area contributed by atoms with Crippen molar-refractivity contribution in [1.82, 2.24) is 14.9 Å². The van der Waals surface area contributed by atoms with Crippen molar-refractivity contribution in [2.45, 2.75) is 58.7 Å². The smallest absolute Gasteiger partial charge is 0.262 e. The zero-order valence-corrected chi connectivity index (χ0v) is 17.9. The molecule has 148 valence electrons. The molecule has 0 unspecified atom stereocenters. The third-order valence-corrected chi connectivity index (χ3v) is 6.86. The molecule has 1 atom stereocenters. The zero-order chi connectivity index (χ0) is 19.7.